The number of rotatable bonds is 6. The van der Waals surface area contributed by atoms with Gasteiger partial charge in [-0.1, -0.05) is 35.9 Å². The Morgan fingerprint density at radius 3 is 2.64 bits per heavy atom. The molecule has 3 aromatic carbocycles. The van der Waals surface area contributed by atoms with Crippen molar-refractivity contribution in [3.05, 3.63) is 100 Å². The third-order valence-corrected chi connectivity index (χ3v) is 6.41. The molecule has 5 rings (SSSR count). The molecule has 0 amide bonds. The first-order valence-electron chi connectivity index (χ1n) is 11.1. The van der Waals surface area contributed by atoms with Gasteiger partial charge in [0.15, 0.2) is 0 Å². The second-order valence-corrected chi connectivity index (χ2v) is 8.83. The highest BCUT2D eigenvalue weighted by atomic mass is 35.5. The molecule has 1 aromatic heterocycles. The SMILES string of the molecule is O=C(O)c1cc(Cl)ccc1Cc1ccc2c(ccn2Cc2cccc(N3CCOCC3)c2)c1. The van der Waals surface area contributed by atoms with Gasteiger partial charge >= 0.3 is 5.97 Å². The number of aromatic nitrogens is 1. The van der Waals surface area contributed by atoms with Gasteiger partial charge in [-0.15, -0.1) is 0 Å². The summed E-state index contributed by atoms with van der Waals surface area (Å²) in [6.07, 6.45) is 2.66. The van der Waals surface area contributed by atoms with Gasteiger partial charge in [-0.25, -0.2) is 4.79 Å². The fourth-order valence-electron chi connectivity index (χ4n) is 4.49. The lowest BCUT2D eigenvalue weighted by Gasteiger charge is -2.29. The number of carbonyl (C=O) groups is 1. The zero-order chi connectivity index (χ0) is 22.8. The topological polar surface area (TPSA) is 54.7 Å². The number of anilines is 1. The van der Waals surface area contributed by atoms with E-state index in [1.165, 1.54) is 17.3 Å². The lowest BCUT2D eigenvalue weighted by Crippen LogP contribution is -2.36. The van der Waals surface area contributed by atoms with Crippen molar-refractivity contribution in [3.8, 4) is 0 Å². The summed E-state index contributed by atoms with van der Waals surface area (Å²) in [5.41, 5.74) is 5.73. The second-order valence-electron chi connectivity index (χ2n) is 8.39. The van der Waals surface area contributed by atoms with Crippen LogP contribution < -0.4 is 4.90 Å². The summed E-state index contributed by atoms with van der Waals surface area (Å²) in [6.45, 7) is 4.20. The van der Waals surface area contributed by atoms with E-state index in [9.17, 15) is 9.90 Å². The van der Waals surface area contributed by atoms with Gasteiger partial charge in [-0.05, 0) is 71.0 Å². The quantitative estimate of drug-likeness (QED) is 0.414. The number of carboxylic acids is 1. The van der Waals surface area contributed by atoms with Gasteiger partial charge in [0, 0.05) is 42.1 Å². The van der Waals surface area contributed by atoms with Crippen molar-refractivity contribution in [3.63, 3.8) is 0 Å². The summed E-state index contributed by atoms with van der Waals surface area (Å²) < 4.78 is 7.73. The van der Waals surface area contributed by atoms with Gasteiger partial charge in [0.2, 0.25) is 0 Å². The molecule has 1 fully saturated rings. The normalized spacial score (nSPS) is 14.0. The molecule has 6 heteroatoms. The molecule has 0 unspecified atom stereocenters. The molecule has 0 radical (unpaired) electrons. The summed E-state index contributed by atoms with van der Waals surface area (Å²) in [5, 5.41) is 11.1. The van der Waals surface area contributed by atoms with Crippen LogP contribution in [0.3, 0.4) is 0 Å². The number of hydrogen-bond acceptors (Lipinski definition) is 3. The molecule has 1 aliphatic rings. The Morgan fingerprint density at radius 1 is 0.970 bits per heavy atom. The summed E-state index contributed by atoms with van der Waals surface area (Å²) in [6, 6.07) is 22.2. The van der Waals surface area contributed by atoms with Crippen LogP contribution in [0.25, 0.3) is 10.9 Å². The monoisotopic (exact) mass is 460 g/mol. The van der Waals surface area contributed by atoms with Crippen molar-refractivity contribution < 1.29 is 14.6 Å². The predicted octanol–water partition coefficient (Wildman–Crippen LogP) is 5.47. The van der Waals surface area contributed by atoms with E-state index < -0.39 is 5.97 Å². The maximum Gasteiger partial charge on any atom is 0.336 e. The minimum atomic E-state index is -0.959. The smallest absolute Gasteiger partial charge is 0.336 e. The van der Waals surface area contributed by atoms with Crippen LogP contribution >= 0.6 is 11.6 Å². The standard InChI is InChI=1S/C27H25ClN2O3/c28-23-6-5-21(25(17-23)27(31)32)14-19-4-7-26-22(15-19)8-9-30(26)18-20-2-1-3-24(16-20)29-10-12-33-13-11-29/h1-9,15-17H,10-14,18H2,(H,31,32). The van der Waals surface area contributed by atoms with E-state index in [1.54, 1.807) is 12.1 Å². The highest BCUT2D eigenvalue weighted by molar-refractivity contribution is 6.31. The highest BCUT2D eigenvalue weighted by Crippen LogP contribution is 2.24. The number of carboxylic acid groups (broad SMARTS) is 1. The number of ether oxygens (including phenoxy) is 1. The van der Waals surface area contributed by atoms with Crippen LogP contribution in [-0.4, -0.2) is 41.9 Å². The van der Waals surface area contributed by atoms with Crippen LogP contribution in [-0.2, 0) is 17.7 Å². The molecule has 0 spiro atoms. The van der Waals surface area contributed by atoms with E-state index in [0.717, 1.165) is 54.9 Å². The van der Waals surface area contributed by atoms with Crippen LogP contribution in [0.15, 0.2) is 72.9 Å². The summed E-state index contributed by atoms with van der Waals surface area (Å²) in [4.78, 5) is 14.0. The molecule has 0 saturated carbocycles. The first-order chi connectivity index (χ1) is 16.1. The number of fused-ring (bicyclic) bond motifs is 1. The van der Waals surface area contributed by atoms with Crippen molar-refractivity contribution in [1.29, 1.82) is 0 Å². The Bertz CT molecular complexity index is 1310. The lowest BCUT2D eigenvalue weighted by molar-refractivity contribution is 0.0696. The molecule has 1 aliphatic heterocycles. The van der Waals surface area contributed by atoms with E-state index in [1.807, 2.05) is 0 Å². The first kappa shape index (κ1) is 21.6. The fourth-order valence-corrected chi connectivity index (χ4v) is 4.66. The molecule has 0 atom stereocenters. The molecule has 1 N–H and O–H groups in total. The Labute approximate surface area is 197 Å². The van der Waals surface area contributed by atoms with E-state index in [4.69, 9.17) is 16.3 Å². The molecule has 168 valence electrons. The number of hydrogen-bond donors (Lipinski definition) is 1. The second kappa shape index (κ2) is 9.30. The summed E-state index contributed by atoms with van der Waals surface area (Å²) in [5.74, 6) is -0.959. The van der Waals surface area contributed by atoms with Crippen LogP contribution in [0.5, 0.6) is 0 Å². The highest BCUT2D eigenvalue weighted by Gasteiger charge is 2.13. The Morgan fingerprint density at radius 2 is 1.82 bits per heavy atom. The van der Waals surface area contributed by atoms with Crippen LogP contribution in [0.2, 0.25) is 5.02 Å². The fraction of sp³-hybridized carbons (Fsp3) is 0.222. The molecule has 0 bridgehead atoms. The van der Waals surface area contributed by atoms with Crippen LogP contribution in [0.1, 0.15) is 27.0 Å². The molecular weight excluding hydrogens is 436 g/mol. The molecule has 4 aromatic rings. The number of nitrogens with zero attached hydrogens (tertiary/aromatic N) is 2. The van der Waals surface area contributed by atoms with E-state index in [-0.39, 0.29) is 5.56 Å². The summed E-state index contributed by atoms with van der Waals surface area (Å²) >= 11 is 5.99. The van der Waals surface area contributed by atoms with Gasteiger partial charge in [0.1, 0.15) is 0 Å². The average molecular weight is 461 g/mol. The lowest BCUT2D eigenvalue weighted by atomic mass is 9.99. The van der Waals surface area contributed by atoms with E-state index in [2.05, 4.69) is 64.2 Å². The van der Waals surface area contributed by atoms with Gasteiger partial charge in [0.25, 0.3) is 0 Å². The molecule has 2 heterocycles. The number of aromatic carboxylic acids is 1. The van der Waals surface area contributed by atoms with Gasteiger partial charge < -0.3 is 19.3 Å². The first-order valence-corrected chi connectivity index (χ1v) is 11.5. The number of benzene rings is 3. The molecule has 1 saturated heterocycles. The number of morpholine rings is 1. The third-order valence-electron chi connectivity index (χ3n) is 6.17. The zero-order valence-electron chi connectivity index (χ0n) is 18.2. The molecular formula is C27H25ClN2O3. The third kappa shape index (κ3) is 4.75. The van der Waals surface area contributed by atoms with Crippen LogP contribution in [0.4, 0.5) is 5.69 Å². The predicted molar refractivity (Wildman–Crippen MR) is 132 cm³/mol. The van der Waals surface area contributed by atoms with Gasteiger partial charge in [-0.2, -0.15) is 0 Å². The molecule has 5 nitrogen and oxygen atoms in total. The maximum atomic E-state index is 11.6. The average Bonchev–Trinajstić information content (AvgIpc) is 3.22. The van der Waals surface area contributed by atoms with Gasteiger partial charge in [-0.3, -0.25) is 0 Å². The Balaban J connectivity index is 1.37. The Hall–Kier alpha value is -3.28. The minimum absolute atomic E-state index is 0.250. The number of halogens is 1. The van der Waals surface area contributed by atoms with Crippen LogP contribution in [0, 0.1) is 0 Å². The summed E-state index contributed by atoms with van der Waals surface area (Å²) in [7, 11) is 0. The largest absolute Gasteiger partial charge is 0.478 e. The van der Waals surface area contributed by atoms with Crippen molar-refractivity contribution >= 4 is 34.2 Å². The Kier molecular flexibility index (Phi) is 6.07. The van der Waals surface area contributed by atoms with Crippen molar-refractivity contribution in [2.45, 2.75) is 13.0 Å². The van der Waals surface area contributed by atoms with Crippen molar-refractivity contribution in [2.24, 2.45) is 0 Å². The maximum absolute atomic E-state index is 11.6. The van der Waals surface area contributed by atoms with Crippen molar-refractivity contribution in [1.82, 2.24) is 4.57 Å². The van der Waals surface area contributed by atoms with Gasteiger partial charge in [0.05, 0.1) is 18.8 Å². The zero-order valence-corrected chi connectivity index (χ0v) is 19.0. The van der Waals surface area contributed by atoms with Crippen molar-refractivity contribution in [2.75, 3.05) is 31.2 Å². The van der Waals surface area contributed by atoms with E-state index >= 15 is 0 Å². The van der Waals surface area contributed by atoms with E-state index in [0.29, 0.717) is 11.4 Å². The minimum Gasteiger partial charge on any atom is -0.478 e. The molecule has 33 heavy (non-hydrogen) atoms. The molecule has 0 aliphatic carbocycles.